The number of hydrogen-bond acceptors (Lipinski definition) is 3. The van der Waals surface area contributed by atoms with Crippen molar-refractivity contribution < 1.29 is 9.53 Å². The Morgan fingerprint density at radius 3 is 2.81 bits per heavy atom. The molecule has 2 aromatic carbocycles. The maximum atomic E-state index is 12.3. The van der Waals surface area contributed by atoms with Gasteiger partial charge in [-0.15, -0.1) is 0 Å². The molecule has 7 heteroatoms. The molecule has 3 rings (SSSR count). The zero-order chi connectivity index (χ0) is 18.7. The van der Waals surface area contributed by atoms with Crippen molar-refractivity contribution in [2.75, 3.05) is 6.54 Å². The summed E-state index contributed by atoms with van der Waals surface area (Å²) in [6.45, 7) is 4.74. The number of halogens is 2. The van der Waals surface area contributed by atoms with Gasteiger partial charge in [-0.3, -0.25) is 4.79 Å². The van der Waals surface area contributed by atoms with Crippen molar-refractivity contribution in [3.05, 3.63) is 58.3 Å². The molecule has 1 aromatic heterocycles. The maximum Gasteiger partial charge on any atom is 0.260 e. The fourth-order valence-corrected chi connectivity index (χ4v) is 3.18. The standard InChI is InChI=1S/C19H19Cl2N3O2/c1-12(26-18-8-7-14(20)11-15(18)21)19(25)22-9-10-24-13(2)23-16-5-3-4-6-17(16)24/h3-8,11-12H,9-10H2,1-2H3,(H,22,25). The number of nitrogens with zero attached hydrogens (tertiary/aromatic N) is 2. The molecule has 0 spiro atoms. The summed E-state index contributed by atoms with van der Waals surface area (Å²) in [6, 6.07) is 12.8. The van der Waals surface area contributed by atoms with E-state index in [1.165, 1.54) is 0 Å². The quantitative estimate of drug-likeness (QED) is 0.683. The highest BCUT2D eigenvalue weighted by atomic mass is 35.5. The van der Waals surface area contributed by atoms with Crippen molar-refractivity contribution in [2.24, 2.45) is 0 Å². The number of benzene rings is 2. The van der Waals surface area contributed by atoms with Gasteiger partial charge in [0, 0.05) is 18.1 Å². The highest BCUT2D eigenvalue weighted by molar-refractivity contribution is 6.35. The van der Waals surface area contributed by atoms with Crippen molar-refractivity contribution in [3.63, 3.8) is 0 Å². The molecule has 0 saturated heterocycles. The zero-order valence-corrected chi connectivity index (χ0v) is 16.0. The second-order valence-electron chi connectivity index (χ2n) is 5.93. The number of fused-ring (bicyclic) bond motifs is 1. The number of imidazole rings is 1. The van der Waals surface area contributed by atoms with Gasteiger partial charge in [0.25, 0.3) is 5.91 Å². The summed E-state index contributed by atoms with van der Waals surface area (Å²) in [5.74, 6) is 1.13. The Hall–Kier alpha value is -2.24. The van der Waals surface area contributed by atoms with E-state index in [0.29, 0.717) is 28.9 Å². The second kappa shape index (κ2) is 7.98. The Kier molecular flexibility index (Phi) is 5.69. The SMILES string of the molecule is Cc1nc2ccccc2n1CCNC(=O)C(C)Oc1ccc(Cl)cc1Cl. The lowest BCUT2D eigenvalue weighted by atomic mass is 10.3. The van der Waals surface area contributed by atoms with Crippen molar-refractivity contribution in [1.29, 1.82) is 0 Å². The first-order valence-corrected chi connectivity index (χ1v) is 9.02. The Morgan fingerprint density at radius 1 is 1.27 bits per heavy atom. The summed E-state index contributed by atoms with van der Waals surface area (Å²) in [5.41, 5.74) is 2.00. The lowest BCUT2D eigenvalue weighted by molar-refractivity contribution is -0.127. The third-order valence-electron chi connectivity index (χ3n) is 4.05. The van der Waals surface area contributed by atoms with E-state index in [-0.39, 0.29) is 5.91 Å². The van der Waals surface area contributed by atoms with E-state index in [4.69, 9.17) is 27.9 Å². The molecule has 0 saturated carbocycles. The summed E-state index contributed by atoms with van der Waals surface area (Å²) in [4.78, 5) is 16.8. The lowest BCUT2D eigenvalue weighted by Crippen LogP contribution is -2.38. The number of ether oxygens (including phenoxy) is 1. The molecule has 0 radical (unpaired) electrons. The predicted octanol–water partition coefficient (Wildman–Crippen LogP) is 4.24. The van der Waals surface area contributed by atoms with E-state index in [1.54, 1.807) is 25.1 Å². The van der Waals surface area contributed by atoms with Gasteiger partial charge < -0.3 is 14.6 Å². The molecule has 1 atom stereocenters. The highest BCUT2D eigenvalue weighted by Gasteiger charge is 2.16. The molecular weight excluding hydrogens is 373 g/mol. The third kappa shape index (κ3) is 4.11. The summed E-state index contributed by atoms with van der Waals surface area (Å²) in [7, 11) is 0. The van der Waals surface area contributed by atoms with Crippen LogP contribution in [0, 0.1) is 6.92 Å². The van der Waals surface area contributed by atoms with E-state index in [9.17, 15) is 4.79 Å². The molecule has 0 aliphatic carbocycles. The molecule has 26 heavy (non-hydrogen) atoms. The van der Waals surface area contributed by atoms with Crippen LogP contribution in [-0.4, -0.2) is 28.1 Å². The van der Waals surface area contributed by atoms with Gasteiger partial charge in [-0.05, 0) is 44.2 Å². The Balaban J connectivity index is 1.57. The minimum Gasteiger partial charge on any atom is -0.479 e. The zero-order valence-electron chi connectivity index (χ0n) is 14.5. The van der Waals surface area contributed by atoms with Gasteiger partial charge in [0.05, 0.1) is 16.1 Å². The van der Waals surface area contributed by atoms with E-state index in [2.05, 4.69) is 14.9 Å². The summed E-state index contributed by atoms with van der Waals surface area (Å²) < 4.78 is 7.70. The summed E-state index contributed by atoms with van der Waals surface area (Å²) in [6.07, 6.45) is -0.672. The number of rotatable bonds is 6. The van der Waals surface area contributed by atoms with E-state index in [0.717, 1.165) is 16.9 Å². The molecule has 0 aliphatic heterocycles. The second-order valence-corrected chi connectivity index (χ2v) is 6.77. The normalized spacial score (nSPS) is 12.2. The Bertz CT molecular complexity index is 940. The average molecular weight is 392 g/mol. The minimum atomic E-state index is -0.672. The molecule has 1 N–H and O–H groups in total. The molecule has 0 fully saturated rings. The molecule has 136 valence electrons. The smallest absolute Gasteiger partial charge is 0.260 e. The largest absolute Gasteiger partial charge is 0.479 e. The van der Waals surface area contributed by atoms with Crippen molar-refractivity contribution in [3.8, 4) is 5.75 Å². The van der Waals surface area contributed by atoms with Gasteiger partial charge in [-0.25, -0.2) is 4.98 Å². The van der Waals surface area contributed by atoms with Gasteiger partial charge in [0.15, 0.2) is 6.10 Å². The molecule has 0 aliphatic rings. The molecule has 3 aromatic rings. The van der Waals surface area contributed by atoms with Crippen molar-refractivity contribution in [1.82, 2.24) is 14.9 Å². The van der Waals surface area contributed by atoms with Gasteiger partial charge in [-0.1, -0.05) is 35.3 Å². The molecule has 1 unspecified atom stereocenters. The van der Waals surface area contributed by atoms with Gasteiger partial charge >= 0.3 is 0 Å². The van der Waals surface area contributed by atoms with Crippen LogP contribution in [0.2, 0.25) is 10.0 Å². The van der Waals surface area contributed by atoms with Crippen LogP contribution in [0.25, 0.3) is 11.0 Å². The molecule has 0 bridgehead atoms. The summed E-state index contributed by atoms with van der Waals surface area (Å²) in [5, 5.41) is 3.77. The average Bonchev–Trinajstić information content (AvgIpc) is 2.93. The molecule has 5 nitrogen and oxygen atoms in total. The first kappa shape index (κ1) is 18.5. The molecule has 1 amide bonds. The van der Waals surface area contributed by atoms with Crippen LogP contribution in [0.4, 0.5) is 0 Å². The first-order chi connectivity index (χ1) is 12.5. The van der Waals surface area contributed by atoms with Gasteiger partial charge in [0.1, 0.15) is 11.6 Å². The fourth-order valence-electron chi connectivity index (χ4n) is 2.73. The third-order valence-corrected chi connectivity index (χ3v) is 4.58. The Labute approximate surface area is 161 Å². The number of nitrogens with one attached hydrogen (secondary N) is 1. The van der Waals surface area contributed by atoms with Crippen LogP contribution in [0.15, 0.2) is 42.5 Å². The van der Waals surface area contributed by atoms with Crippen LogP contribution in [0.1, 0.15) is 12.7 Å². The predicted molar refractivity (Wildman–Crippen MR) is 104 cm³/mol. The number of carbonyl (C=O) groups is 1. The number of carbonyl (C=O) groups excluding carboxylic acids is 1. The number of hydrogen-bond donors (Lipinski definition) is 1. The van der Waals surface area contributed by atoms with E-state index < -0.39 is 6.10 Å². The molecule has 1 heterocycles. The van der Waals surface area contributed by atoms with Crippen LogP contribution in [-0.2, 0) is 11.3 Å². The first-order valence-electron chi connectivity index (χ1n) is 8.27. The van der Waals surface area contributed by atoms with Gasteiger partial charge in [-0.2, -0.15) is 0 Å². The number of aryl methyl sites for hydroxylation is 1. The van der Waals surface area contributed by atoms with Crippen LogP contribution < -0.4 is 10.1 Å². The Morgan fingerprint density at radius 2 is 2.04 bits per heavy atom. The lowest BCUT2D eigenvalue weighted by Gasteiger charge is -2.16. The monoisotopic (exact) mass is 391 g/mol. The molecular formula is C19H19Cl2N3O2. The fraction of sp³-hybridized carbons (Fsp3) is 0.263. The number of aromatic nitrogens is 2. The van der Waals surface area contributed by atoms with Gasteiger partial charge in [0.2, 0.25) is 0 Å². The maximum absolute atomic E-state index is 12.3. The van der Waals surface area contributed by atoms with E-state index >= 15 is 0 Å². The minimum absolute atomic E-state index is 0.210. The topological polar surface area (TPSA) is 56.2 Å². The van der Waals surface area contributed by atoms with E-state index in [1.807, 2.05) is 31.2 Å². The van der Waals surface area contributed by atoms with Crippen molar-refractivity contribution >= 4 is 40.1 Å². The summed E-state index contributed by atoms with van der Waals surface area (Å²) >= 11 is 11.9. The van der Waals surface area contributed by atoms with Crippen LogP contribution in [0.3, 0.4) is 0 Å². The van der Waals surface area contributed by atoms with Crippen LogP contribution >= 0.6 is 23.2 Å². The van der Waals surface area contributed by atoms with Crippen LogP contribution in [0.5, 0.6) is 5.75 Å². The number of amides is 1. The highest BCUT2D eigenvalue weighted by Crippen LogP contribution is 2.28. The number of para-hydroxylation sites is 2. The van der Waals surface area contributed by atoms with Crippen molar-refractivity contribution in [2.45, 2.75) is 26.5 Å².